The highest BCUT2D eigenvalue weighted by molar-refractivity contribution is 7.99. The Bertz CT molecular complexity index is 930. The van der Waals surface area contributed by atoms with Gasteiger partial charge in [0.2, 0.25) is 0 Å². The van der Waals surface area contributed by atoms with Crippen molar-refractivity contribution >= 4 is 75.3 Å². The second-order valence-electron chi connectivity index (χ2n) is 5.26. The van der Waals surface area contributed by atoms with E-state index in [1.165, 1.54) is 0 Å². The fourth-order valence-corrected chi connectivity index (χ4v) is 3.70. The van der Waals surface area contributed by atoms with Crippen molar-refractivity contribution in [2.24, 2.45) is 0 Å². The molecule has 26 heavy (non-hydrogen) atoms. The van der Waals surface area contributed by atoms with Crippen molar-refractivity contribution in [3.8, 4) is 0 Å². The van der Waals surface area contributed by atoms with Gasteiger partial charge < -0.3 is 10.6 Å². The zero-order valence-electron chi connectivity index (χ0n) is 13.3. The van der Waals surface area contributed by atoms with Crippen LogP contribution in [0.25, 0.3) is 0 Å². The normalized spacial score (nSPS) is 10.4. The Morgan fingerprint density at radius 3 is 2.27 bits per heavy atom. The quantitative estimate of drug-likeness (QED) is 0.408. The lowest BCUT2D eigenvalue weighted by molar-refractivity contribution is 1.40. The van der Waals surface area contributed by atoms with Gasteiger partial charge in [-0.05, 0) is 66.8 Å². The summed E-state index contributed by atoms with van der Waals surface area (Å²) < 4.78 is 0. The van der Waals surface area contributed by atoms with E-state index in [9.17, 15) is 0 Å². The molecular weight excluding hydrogens is 427 g/mol. The van der Waals surface area contributed by atoms with Crippen LogP contribution in [0.5, 0.6) is 0 Å². The molecule has 2 nitrogen and oxygen atoms in total. The first-order valence-corrected chi connectivity index (χ1v) is 9.92. The van der Waals surface area contributed by atoms with Crippen molar-refractivity contribution in [1.29, 1.82) is 0 Å². The summed E-state index contributed by atoms with van der Waals surface area (Å²) in [7, 11) is 0. The van der Waals surface area contributed by atoms with Gasteiger partial charge in [-0.3, -0.25) is 0 Å². The largest absolute Gasteiger partial charge is 0.332 e. The highest BCUT2D eigenvalue weighted by atomic mass is 35.5. The topological polar surface area (TPSA) is 24.1 Å². The zero-order chi connectivity index (χ0) is 18.5. The molecule has 3 aromatic rings. The molecule has 0 amide bonds. The van der Waals surface area contributed by atoms with Crippen LogP contribution in [0, 0.1) is 0 Å². The maximum atomic E-state index is 6.04. The monoisotopic (exact) mass is 438 g/mol. The minimum Gasteiger partial charge on any atom is -0.332 e. The smallest absolute Gasteiger partial charge is 0.175 e. The Hall–Kier alpha value is -1.43. The molecule has 2 N–H and O–H groups in total. The number of anilines is 2. The molecule has 0 bridgehead atoms. The highest BCUT2D eigenvalue weighted by Gasteiger charge is 2.07. The Balaban J connectivity index is 1.72. The Labute approximate surface area is 176 Å². The van der Waals surface area contributed by atoms with Gasteiger partial charge in [0.05, 0.1) is 15.7 Å². The minimum atomic E-state index is 0.465. The third kappa shape index (κ3) is 5.29. The number of benzene rings is 3. The first-order valence-electron chi connectivity index (χ1n) is 7.57. The Morgan fingerprint density at radius 1 is 0.808 bits per heavy atom. The van der Waals surface area contributed by atoms with E-state index in [0.717, 1.165) is 21.2 Å². The number of thiocarbonyl (C=S) groups is 1. The molecule has 0 fully saturated rings. The fourth-order valence-electron chi connectivity index (χ4n) is 2.15. The van der Waals surface area contributed by atoms with Crippen molar-refractivity contribution in [3.63, 3.8) is 0 Å². The van der Waals surface area contributed by atoms with Gasteiger partial charge in [-0.15, -0.1) is 0 Å². The summed E-state index contributed by atoms with van der Waals surface area (Å²) in [5.41, 5.74) is 1.67. The molecule has 3 aromatic carbocycles. The molecule has 0 atom stereocenters. The second-order valence-corrected chi connectivity index (χ2v) is 8.03. The van der Waals surface area contributed by atoms with E-state index in [2.05, 4.69) is 10.6 Å². The minimum absolute atomic E-state index is 0.465. The summed E-state index contributed by atoms with van der Waals surface area (Å²) in [4.78, 5) is 2.14. The van der Waals surface area contributed by atoms with Crippen LogP contribution in [0.1, 0.15) is 0 Å². The van der Waals surface area contributed by atoms with Crippen LogP contribution in [0.2, 0.25) is 15.1 Å². The maximum Gasteiger partial charge on any atom is 0.175 e. The van der Waals surface area contributed by atoms with Crippen molar-refractivity contribution in [3.05, 3.63) is 81.8 Å². The van der Waals surface area contributed by atoms with Gasteiger partial charge >= 0.3 is 0 Å². The van der Waals surface area contributed by atoms with E-state index in [1.807, 2.05) is 54.6 Å². The molecule has 3 rings (SSSR count). The Kier molecular flexibility index (Phi) is 6.68. The summed E-state index contributed by atoms with van der Waals surface area (Å²) in [6.07, 6.45) is 0. The van der Waals surface area contributed by atoms with Gasteiger partial charge in [0, 0.05) is 20.5 Å². The summed E-state index contributed by atoms with van der Waals surface area (Å²) in [6.45, 7) is 0. The van der Waals surface area contributed by atoms with Gasteiger partial charge in [0.25, 0.3) is 0 Å². The average molecular weight is 440 g/mol. The van der Waals surface area contributed by atoms with Crippen LogP contribution in [0.15, 0.2) is 76.5 Å². The molecule has 0 aliphatic rings. The molecule has 0 heterocycles. The van der Waals surface area contributed by atoms with E-state index in [1.54, 1.807) is 23.9 Å². The molecule has 7 heteroatoms. The van der Waals surface area contributed by atoms with Crippen molar-refractivity contribution < 1.29 is 0 Å². The standard InChI is InChI=1S/C19H13Cl3N2S2/c20-12-5-8-14(9-6-12)26-18-4-2-1-3-17(18)24-19(25)23-13-7-10-15(21)16(22)11-13/h1-11H,(H2,23,24,25). The highest BCUT2D eigenvalue weighted by Crippen LogP contribution is 2.34. The van der Waals surface area contributed by atoms with Crippen LogP contribution < -0.4 is 10.6 Å². The predicted molar refractivity (Wildman–Crippen MR) is 118 cm³/mol. The fraction of sp³-hybridized carbons (Fsp3) is 0. The molecular formula is C19H13Cl3N2S2. The first-order chi connectivity index (χ1) is 12.5. The molecule has 0 radical (unpaired) electrons. The summed E-state index contributed by atoms with van der Waals surface area (Å²) >= 11 is 25.0. The van der Waals surface area contributed by atoms with Crippen LogP contribution >= 0.6 is 58.8 Å². The third-order valence-corrected chi connectivity index (χ3v) is 5.63. The summed E-state index contributed by atoms with van der Waals surface area (Å²) in [6, 6.07) is 20.9. The predicted octanol–water partition coefficient (Wildman–Crippen LogP) is 7.61. The van der Waals surface area contributed by atoms with Crippen molar-refractivity contribution in [1.82, 2.24) is 0 Å². The van der Waals surface area contributed by atoms with Gasteiger partial charge in [0.1, 0.15) is 0 Å². The van der Waals surface area contributed by atoms with Crippen molar-refractivity contribution in [2.45, 2.75) is 9.79 Å². The SMILES string of the molecule is S=C(Nc1ccc(Cl)c(Cl)c1)Nc1ccccc1Sc1ccc(Cl)cc1. The molecule has 0 spiro atoms. The van der Waals surface area contributed by atoms with E-state index in [4.69, 9.17) is 47.0 Å². The summed E-state index contributed by atoms with van der Waals surface area (Å²) in [5, 5.41) is 8.48. The zero-order valence-corrected chi connectivity index (χ0v) is 17.2. The van der Waals surface area contributed by atoms with E-state index in [0.29, 0.717) is 20.2 Å². The van der Waals surface area contributed by atoms with Gasteiger partial charge in [-0.2, -0.15) is 0 Å². The number of halogens is 3. The van der Waals surface area contributed by atoms with E-state index < -0.39 is 0 Å². The summed E-state index contributed by atoms with van der Waals surface area (Å²) in [5.74, 6) is 0. The first kappa shape index (κ1) is 19.3. The van der Waals surface area contributed by atoms with Gasteiger partial charge in [-0.25, -0.2) is 0 Å². The second kappa shape index (κ2) is 8.98. The molecule has 0 aliphatic heterocycles. The van der Waals surface area contributed by atoms with E-state index >= 15 is 0 Å². The lowest BCUT2D eigenvalue weighted by Gasteiger charge is -2.14. The lowest BCUT2D eigenvalue weighted by atomic mass is 10.3. The Morgan fingerprint density at radius 2 is 1.54 bits per heavy atom. The maximum absolute atomic E-state index is 6.04. The number of para-hydroxylation sites is 1. The number of hydrogen-bond donors (Lipinski definition) is 2. The molecule has 0 aliphatic carbocycles. The average Bonchev–Trinajstić information content (AvgIpc) is 2.62. The number of rotatable bonds is 4. The van der Waals surface area contributed by atoms with Crippen LogP contribution in [0.4, 0.5) is 11.4 Å². The van der Waals surface area contributed by atoms with Gasteiger partial charge in [-0.1, -0.05) is 58.7 Å². The molecule has 0 saturated carbocycles. The third-order valence-electron chi connectivity index (χ3n) is 3.35. The lowest BCUT2D eigenvalue weighted by Crippen LogP contribution is -2.19. The molecule has 0 saturated heterocycles. The van der Waals surface area contributed by atoms with Crippen LogP contribution in [-0.2, 0) is 0 Å². The van der Waals surface area contributed by atoms with Gasteiger partial charge in [0.15, 0.2) is 5.11 Å². The van der Waals surface area contributed by atoms with Crippen LogP contribution in [0.3, 0.4) is 0 Å². The van der Waals surface area contributed by atoms with Crippen LogP contribution in [-0.4, -0.2) is 5.11 Å². The van der Waals surface area contributed by atoms with Crippen molar-refractivity contribution in [2.75, 3.05) is 10.6 Å². The molecule has 132 valence electrons. The van der Waals surface area contributed by atoms with E-state index in [-0.39, 0.29) is 0 Å². The molecule has 0 unspecified atom stereocenters. The molecule has 0 aromatic heterocycles. The number of hydrogen-bond acceptors (Lipinski definition) is 2. The number of nitrogens with one attached hydrogen (secondary N) is 2.